The van der Waals surface area contributed by atoms with Crippen LogP contribution >= 0.6 is 33.9 Å². The highest BCUT2D eigenvalue weighted by Gasteiger charge is 2.26. The Morgan fingerprint density at radius 2 is 1.53 bits per heavy atom. The molecule has 1 aliphatic rings. The molecule has 4 aromatic rings. The lowest BCUT2D eigenvalue weighted by atomic mass is 10.1. The molecule has 34 heavy (non-hydrogen) atoms. The second kappa shape index (κ2) is 8.63. The van der Waals surface area contributed by atoms with E-state index in [-0.39, 0.29) is 11.8 Å². The number of amides is 1. The van der Waals surface area contributed by atoms with Crippen LogP contribution < -0.4 is 15.4 Å². The molecule has 5 rings (SSSR count). The minimum Gasteiger partial charge on any atom is -0.493 e. The summed E-state index contributed by atoms with van der Waals surface area (Å²) in [4.78, 5) is 23.1. The second-order valence-corrected chi connectivity index (χ2v) is 10.9. The third-order valence-corrected chi connectivity index (χ3v) is 7.30. The zero-order valence-corrected chi connectivity index (χ0v) is 22.2. The molecule has 1 amide bonds. The molecule has 1 N–H and O–H groups in total. The van der Waals surface area contributed by atoms with Gasteiger partial charge in [0.15, 0.2) is 4.80 Å². The van der Waals surface area contributed by atoms with Crippen LogP contribution in [0.3, 0.4) is 0 Å². The van der Waals surface area contributed by atoms with E-state index in [1.54, 1.807) is 4.57 Å². The van der Waals surface area contributed by atoms with Crippen molar-refractivity contribution in [3.63, 3.8) is 0 Å². The maximum absolute atomic E-state index is 13.0. The van der Waals surface area contributed by atoms with Crippen molar-refractivity contribution in [3.8, 4) is 11.6 Å². The molecule has 0 atom stereocenters. The van der Waals surface area contributed by atoms with E-state index in [9.17, 15) is 9.90 Å². The summed E-state index contributed by atoms with van der Waals surface area (Å²) < 4.78 is 2.72. The van der Waals surface area contributed by atoms with E-state index in [0.29, 0.717) is 20.6 Å². The first-order chi connectivity index (χ1) is 16.2. The summed E-state index contributed by atoms with van der Waals surface area (Å²) >= 11 is 3.51. The second-order valence-electron chi connectivity index (χ2n) is 8.63. The van der Waals surface area contributed by atoms with E-state index < -0.39 is 0 Å². The fourth-order valence-electron chi connectivity index (χ4n) is 4.35. The average molecular weight is 579 g/mol. The number of aromatic hydroxyl groups is 1. The summed E-state index contributed by atoms with van der Waals surface area (Å²) in [5, 5.41) is 12.9. The van der Waals surface area contributed by atoms with Crippen LogP contribution in [0.1, 0.15) is 27.1 Å². The zero-order valence-electron chi connectivity index (χ0n) is 19.2. The number of carbonyl (C=O) groups is 1. The van der Waals surface area contributed by atoms with Gasteiger partial charge in [-0.25, -0.2) is 9.98 Å². The monoisotopic (exact) mass is 579 g/mol. The SMILES string of the molecule is Cc1cc(C)cc(N=c2sc(C3=c4cc(I)ccc4=NC3=O)c(O)n2-c2cc(C)cc(C)c2)c1. The van der Waals surface area contributed by atoms with Crippen LogP contribution in [0.5, 0.6) is 5.88 Å². The summed E-state index contributed by atoms with van der Waals surface area (Å²) in [6.45, 7) is 8.12. The number of rotatable bonds is 3. The molecule has 1 aliphatic heterocycles. The van der Waals surface area contributed by atoms with E-state index in [1.807, 2.05) is 70.2 Å². The number of nitrogens with zero attached hydrogens (tertiary/aromatic N) is 3. The van der Waals surface area contributed by atoms with Crippen LogP contribution in [0.4, 0.5) is 5.69 Å². The highest BCUT2D eigenvalue weighted by molar-refractivity contribution is 14.1. The van der Waals surface area contributed by atoms with Crippen LogP contribution in [0.25, 0.3) is 11.3 Å². The molecule has 5 nitrogen and oxygen atoms in total. The number of benzene rings is 3. The van der Waals surface area contributed by atoms with Gasteiger partial charge in [0.25, 0.3) is 5.91 Å². The maximum Gasteiger partial charge on any atom is 0.279 e. The Morgan fingerprint density at radius 3 is 2.18 bits per heavy atom. The number of aryl methyl sites for hydroxylation is 4. The van der Waals surface area contributed by atoms with Crippen molar-refractivity contribution >= 4 is 51.1 Å². The van der Waals surface area contributed by atoms with E-state index in [4.69, 9.17) is 4.99 Å². The first kappa shape index (κ1) is 22.7. The van der Waals surface area contributed by atoms with E-state index in [0.717, 1.165) is 42.4 Å². The molecule has 7 heteroatoms. The van der Waals surface area contributed by atoms with Gasteiger partial charge in [-0.05, 0) is 115 Å². The Labute approximate surface area is 214 Å². The Morgan fingerprint density at radius 1 is 0.912 bits per heavy atom. The number of thiazole rings is 1. The van der Waals surface area contributed by atoms with Gasteiger partial charge in [-0.2, -0.15) is 0 Å². The third kappa shape index (κ3) is 4.14. The highest BCUT2D eigenvalue weighted by Crippen LogP contribution is 2.32. The number of carbonyl (C=O) groups excluding carboxylic acids is 1. The standard InChI is InChI=1S/C27H22IN3O2S/c1-14-7-15(2)10-19(9-14)29-27-31(20-11-16(3)8-17(4)12-20)26(33)24(34-27)23-21-13-18(28)5-6-22(21)30-25(23)32/h5-13,33H,1-4H3. The minimum absolute atomic E-state index is 0.0108. The molecule has 0 radical (unpaired) electrons. The molecule has 0 saturated carbocycles. The molecule has 0 fully saturated rings. The first-order valence-corrected chi connectivity index (χ1v) is 12.7. The van der Waals surface area contributed by atoms with Gasteiger partial charge in [0.1, 0.15) is 4.88 Å². The Kier molecular flexibility index (Phi) is 5.77. The molecule has 0 saturated heterocycles. The average Bonchev–Trinajstić information content (AvgIpc) is 3.21. The summed E-state index contributed by atoms with van der Waals surface area (Å²) in [7, 11) is 0. The van der Waals surface area contributed by atoms with Crippen molar-refractivity contribution in [1.29, 1.82) is 0 Å². The van der Waals surface area contributed by atoms with Gasteiger partial charge in [-0.15, -0.1) is 0 Å². The number of halogens is 1. The van der Waals surface area contributed by atoms with Crippen LogP contribution in [0.15, 0.2) is 64.6 Å². The number of hydrogen-bond donors (Lipinski definition) is 1. The highest BCUT2D eigenvalue weighted by atomic mass is 127. The van der Waals surface area contributed by atoms with Gasteiger partial charge in [-0.1, -0.05) is 23.5 Å². The molecular weight excluding hydrogens is 557 g/mol. The summed E-state index contributed by atoms with van der Waals surface area (Å²) in [5.41, 5.74) is 6.38. The maximum atomic E-state index is 13.0. The van der Waals surface area contributed by atoms with Crippen LogP contribution in [-0.2, 0) is 4.79 Å². The fraction of sp³-hybridized carbons (Fsp3) is 0.148. The lowest BCUT2D eigenvalue weighted by Gasteiger charge is -2.09. The first-order valence-electron chi connectivity index (χ1n) is 10.8. The summed E-state index contributed by atoms with van der Waals surface area (Å²) in [6.07, 6.45) is 0. The van der Waals surface area contributed by atoms with Gasteiger partial charge in [0.05, 0.1) is 22.3 Å². The normalized spacial score (nSPS) is 13.4. The van der Waals surface area contributed by atoms with Crippen molar-refractivity contribution in [2.24, 2.45) is 9.98 Å². The van der Waals surface area contributed by atoms with Crippen LogP contribution in [0, 0.1) is 31.3 Å². The van der Waals surface area contributed by atoms with Gasteiger partial charge < -0.3 is 5.11 Å². The quantitative estimate of drug-likeness (QED) is 0.359. The molecular formula is C27H22IN3O2S. The number of hydrogen-bond acceptors (Lipinski definition) is 4. The van der Waals surface area contributed by atoms with E-state index in [2.05, 4.69) is 39.7 Å². The van der Waals surface area contributed by atoms with Crippen LogP contribution in [0.2, 0.25) is 0 Å². The molecule has 170 valence electrons. The number of fused-ring (bicyclic) bond motifs is 1. The van der Waals surface area contributed by atoms with Gasteiger partial charge in [-0.3, -0.25) is 9.36 Å². The van der Waals surface area contributed by atoms with Crippen molar-refractivity contribution < 1.29 is 9.90 Å². The smallest absolute Gasteiger partial charge is 0.279 e. The Balaban J connectivity index is 1.87. The molecule has 1 aromatic heterocycles. The molecule has 0 unspecified atom stereocenters. The van der Waals surface area contributed by atoms with Gasteiger partial charge in [0, 0.05) is 8.79 Å². The van der Waals surface area contributed by atoms with Crippen molar-refractivity contribution in [2.45, 2.75) is 27.7 Å². The lowest BCUT2D eigenvalue weighted by molar-refractivity contribution is -0.112. The lowest BCUT2D eigenvalue weighted by Crippen LogP contribution is -2.23. The molecule has 0 spiro atoms. The predicted octanol–water partition coefficient (Wildman–Crippen LogP) is 4.67. The summed E-state index contributed by atoms with van der Waals surface area (Å²) in [5.74, 6) is -0.359. The Hall–Kier alpha value is -3.04. The minimum atomic E-state index is -0.348. The van der Waals surface area contributed by atoms with Crippen LogP contribution in [-0.4, -0.2) is 15.6 Å². The molecule has 3 aromatic carbocycles. The molecule has 0 bridgehead atoms. The Bertz CT molecular complexity index is 1660. The third-order valence-electron chi connectivity index (χ3n) is 5.59. The van der Waals surface area contributed by atoms with Crippen molar-refractivity contribution in [1.82, 2.24) is 4.57 Å². The molecule has 0 aliphatic carbocycles. The number of aromatic nitrogens is 1. The zero-order chi connectivity index (χ0) is 24.1. The van der Waals surface area contributed by atoms with Crippen molar-refractivity contribution in [3.05, 3.63) is 101 Å². The van der Waals surface area contributed by atoms with Gasteiger partial charge >= 0.3 is 0 Å². The van der Waals surface area contributed by atoms with Gasteiger partial charge in [0.2, 0.25) is 5.88 Å². The predicted molar refractivity (Wildman–Crippen MR) is 143 cm³/mol. The fourth-order valence-corrected chi connectivity index (χ4v) is 5.94. The van der Waals surface area contributed by atoms with E-state index >= 15 is 0 Å². The largest absolute Gasteiger partial charge is 0.493 e. The summed E-state index contributed by atoms with van der Waals surface area (Å²) in [6, 6.07) is 17.9. The van der Waals surface area contributed by atoms with E-state index in [1.165, 1.54) is 11.3 Å². The molecule has 2 heterocycles. The topological polar surface area (TPSA) is 66.9 Å². The van der Waals surface area contributed by atoms with Crippen molar-refractivity contribution in [2.75, 3.05) is 0 Å².